The van der Waals surface area contributed by atoms with E-state index in [2.05, 4.69) is 26.3 Å². The van der Waals surface area contributed by atoms with E-state index in [1.54, 1.807) is 41.2 Å². The summed E-state index contributed by atoms with van der Waals surface area (Å²) in [7, 11) is 0. The average Bonchev–Trinajstić information content (AvgIpc) is 3.03. The van der Waals surface area contributed by atoms with Crippen LogP contribution in [0.25, 0.3) is 0 Å². The molecule has 0 saturated heterocycles. The van der Waals surface area contributed by atoms with E-state index in [9.17, 15) is 4.79 Å². The van der Waals surface area contributed by atoms with Crippen LogP contribution in [0.5, 0.6) is 0 Å². The monoisotopic (exact) mass is 380 g/mol. The number of rotatable bonds is 4. The number of nitrogens with one attached hydrogen (secondary N) is 1. The second-order valence-electron chi connectivity index (χ2n) is 5.15. The van der Waals surface area contributed by atoms with Gasteiger partial charge in [-0.2, -0.15) is 10.4 Å². The highest BCUT2D eigenvalue weighted by atomic mass is 79.9. The highest BCUT2D eigenvalue weighted by Crippen LogP contribution is 2.15. The maximum Gasteiger partial charge on any atom is 0.256 e. The first-order valence-electron chi connectivity index (χ1n) is 7.23. The number of carbonyl (C=O) groups is 1. The molecule has 0 radical (unpaired) electrons. The summed E-state index contributed by atoms with van der Waals surface area (Å²) in [6.07, 6.45) is 1.64. The predicted molar refractivity (Wildman–Crippen MR) is 94.6 cm³/mol. The van der Waals surface area contributed by atoms with Crippen LogP contribution in [0.4, 0.5) is 5.82 Å². The lowest BCUT2D eigenvalue weighted by Gasteiger charge is -2.09. The van der Waals surface area contributed by atoms with Gasteiger partial charge in [-0.15, -0.1) is 0 Å². The summed E-state index contributed by atoms with van der Waals surface area (Å²) >= 11 is 3.41. The minimum atomic E-state index is -0.273. The van der Waals surface area contributed by atoms with Crippen molar-refractivity contribution in [1.82, 2.24) is 9.78 Å². The average molecular weight is 381 g/mol. The lowest BCUT2D eigenvalue weighted by atomic mass is 10.1. The van der Waals surface area contributed by atoms with Gasteiger partial charge in [-0.25, -0.2) is 4.68 Å². The molecule has 3 aromatic rings. The molecule has 0 unspecified atom stereocenters. The maximum absolute atomic E-state index is 12.4. The van der Waals surface area contributed by atoms with Crippen molar-refractivity contribution in [2.45, 2.75) is 6.54 Å². The Morgan fingerprint density at radius 3 is 2.75 bits per heavy atom. The first kappa shape index (κ1) is 16.0. The van der Waals surface area contributed by atoms with Gasteiger partial charge < -0.3 is 5.32 Å². The van der Waals surface area contributed by atoms with E-state index in [1.807, 2.05) is 30.3 Å². The Labute approximate surface area is 147 Å². The molecule has 0 aliphatic carbocycles. The number of nitrogens with zero attached hydrogens (tertiary/aromatic N) is 3. The number of hydrogen-bond acceptors (Lipinski definition) is 3. The highest BCUT2D eigenvalue weighted by molar-refractivity contribution is 9.10. The zero-order chi connectivity index (χ0) is 16.9. The van der Waals surface area contributed by atoms with Crippen LogP contribution in [0.15, 0.2) is 65.3 Å². The largest absolute Gasteiger partial charge is 0.307 e. The zero-order valence-electron chi connectivity index (χ0n) is 12.6. The Bertz CT molecular complexity index is 909. The summed E-state index contributed by atoms with van der Waals surface area (Å²) in [6.45, 7) is 0.550. The van der Waals surface area contributed by atoms with E-state index in [0.717, 1.165) is 10.0 Å². The van der Waals surface area contributed by atoms with Gasteiger partial charge in [-0.05, 0) is 35.9 Å². The van der Waals surface area contributed by atoms with Crippen molar-refractivity contribution < 1.29 is 4.79 Å². The van der Waals surface area contributed by atoms with Gasteiger partial charge in [0.25, 0.3) is 5.91 Å². The summed E-state index contributed by atoms with van der Waals surface area (Å²) < 4.78 is 2.73. The molecule has 5 nitrogen and oxygen atoms in total. The van der Waals surface area contributed by atoms with Crippen LogP contribution in [-0.2, 0) is 6.54 Å². The summed E-state index contributed by atoms with van der Waals surface area (Å²) in [5.41, 5.74) is 1.96. The SMILES string of the molecule is N#Cc1cccc(C(=O)Nc2ccnn2Cc2ccc(Br)cc2)c1. The number of aromatic nitrogens is 2. The first-order chi connectivity index (χ1) is 11.7. The molecule has 0 aliphatic heterocycles. The number of carbonyl (C=O) groups excluding carboxylic acids is 1. The lowest BCUT2D eigenvalue weighted by Crippen LogP contribution is -2.16. The Morgan fingerprint density at radius 2 is 2.00 bits per heavy atom. The van der Waals surface area contributed by atoms with Crippen molar-refractivity contribution in [2.75, 3.05) is 5.32 Å². The van der Waals surface area contributed by atoms with Gasteiger partial charge in [0.15, 0.2) is 0 Å². The topological polar surface area (TPSA) is 70.7 Å². The number of halogens is 1. The zero-order valence-corrected chi connectivity index (χ0v) is 14.2. The van der Waals surface area contributed by atoms with Gasteiger partial charge in [0.2, 0.25) is 0 Å². The van der Waals surface area contributed by atoms with Gasteiger partial charge >= 0.3 is 0 Å². The Kier molecular flexibility index (Phi) is 4.73. The smallest absolute Gasteiger partial charge is 0.256 e. The van der Waals surface area contributed by atoms with Crippen LogP contribution in [-0.4, -0.2) is 15.7 Å². The molecule has 0 atom stereocenters. The highest BCUT2D eigenvalue weighted by Gasteiger charge is 2.10. The molecule has 24 heavy (non-hydrogen) atoms. The maximum atomic E-state index is 12.4. The van der Waals surface area contributed by atoms with Crippen LogP contribution in [0.1, 0.15) is 21.5 Å². The van der Waals surface area contributed by atoms with E-state index in [-0.39, 0.29) is 5.91 Å². The Hall–Kier alpha value is -2.91. The van der Waals surface area contributed by atoms with Crippen LogP contribution in [0.2, 0.25) is 0 Å². The van der Waals surface area contributed by atoms with Gasteiger partial charge in [-0.1, -0.05) is 34.1 Å². The van der Waals surface area contributed by atoms with E-state index in [1.165, 1.54) is 0 Å². The van der Waals surface area contributed by atoms with Crippen molar-refractivity contribution in [1.29, 1.82) is 5.26 Å². The third-order valence-electron chi connectivity index (χ3n) is 3.46. The second kappa shape index (κ2) is 7.11. The van der Waals surface area contributed by atoms with Crippen LogP contribution in [0.3, 0.4) is 0 Å². The summed E-state index contributed by atoms with van der Waals surface area (Å²) in [5.74, 6) is 0.329. The molecular formula is C18H13BrN4O. The van der Waals surface area contributed by atoms with Crippen molar-refractivity contribution in [3.8, 4) is 6.07 Å². The predicted octanol–water partition coefficient (Wildman–Crippen LogP) is 3.82. The molecule has 0 saturated carbocycles. The molecule has 0 spiro atoms. The van der Waals surface area contributed by atoms with Crippen molar-refractivity contribution in [2.24, 2.45) is 0 Å². The molecule has 1 amide bonds. The Balaban J connectivity index is 1.76. The van der Waals surface area contributed by atoms with E-state index in [4.69, 9.17) is 5.26 Å². The minimum absolute atomic E-state index is 0.273. The molecule has 0 fully saturated rings. The molecular weight excluding hydrogens is 368 g/mol. The fourth-order valence-electron chi connectivity index (χ4n) is 2.25. The van der Waals surface area contributed by atoms with Gasteiger partial charge in [0.1, 0.15) is 5.82 Å². The number of benzene rings is 2. The summed E-state index contributed by atoms with van der Waals surface area (Å²) in [5, 5.41) is 16.0. The minimum Gasteiger partial charge on any atom is -0.307 e. The number of hydrogen-bond donors (Lipinski definition) is 1. The van der Waals surface area contributed by atoms with Crippen molar-refractivity contribution >= 4 is 27.7 Å². The number of nitriles is 1. The molecule has 1 N–H and O–H groups in total. The molecule has 0 bridgehead atoms. The molecule has 1 aromatic heterocycles. The van der Waals surface area contributed by atoms with Crippen LogP contribution >= 0.6 is 15.9 Å². The molecule has 1 heterocycles. The molecule has 6 heteroatoms. The number of amides is 1. The Morgan fingerprint density at radius 1 is 1.21 bits per heavy atom. The normalized spacial score (nSPS) is 10.2. The van der Waals surface area contributed by atoms with Crippen LogP contribution in [0, 0.1) is 11.3 Å². The summed E-state index contributed by atoms with van der Waals surface area (Å²) in [4.78, 5) is 12.4. The first-order valence-corrected chi connectivity index (χ1v) is 8.03. The van der Waals surface area contributed by atoms with Gasteiger partial charge in [0.05, 0.1) is 24.4 Å². The molecule has 0 aliphatic rings. The standard InChI is InChI=1S/C18H13BrN4O/c19-16-6-4-13(5-7-16)12-23-17(8-9-21-23)22-18(24)15-3-1-2-14(10-15)11-20/h1-10H,12H2,(H,22,24). The summed E-state index contributed by atoms with van der Waals surface area (Å²) in [6, 6.07) is 18.3. The quantitative estimate of drug-likeness (QED) is 0.747. The van der Waals surface area contributed by atoms with Crippen LogP contribution < -0.4 is 5.32 Å². The van der Waals surface area contributed by atoms with Crippen molar-refractivity contribution in [3.63, 3.8) is 0 Å². The third-order valence-corrected chi connectivity index (χ3v) is 3.99. The van der Waals surface area contributed by atoms with Gasteiger partial charge in [-0.3, -0.25) is 4.79 Å². The fourth-order valence-corrected chi connectivity index (χ4v) is 2.51. The molecule has 118 valence electrons. The van der Waals surface area contributed by atoms with E-state index >= 15 is 0 Å². The molecule has 2 aromatic carbocycles. The molecule has 3 rings (SSSR count). The second-order valence-corrected chi connectivity index (χ2v) is 6.06. The van der Waals surface area contributed by atoms with E-state index < -0.39 is 0 Å². The van der Waals surface area contributed by atoms with Crippen molar-refractivity contribution in [3.05, 3.63) is 82.0 Å². The van der Waals surface area contributed by atoms with E-state index in [0.29, 0.717) is 23.5 Å². The number of anilines is 1. The van der Waals surface area contributed by atoms with Gasteiger partial charge in [0, 0.05) is 16.1 Å². The lowest BCUT2D eigenvalue weighted by molar-refractivity contribution is 0.102. The third kappa shape index (κ3) is 3.70. The fraction of sp³-hybridized carbons (Fsp3) is 0.0556.